The first-order chi connectivity index (χ1) is 11.7. The van der Waals surface area contributed by atoms with Crippen LogP contribution < -0.4 is 10.6 Å². The quantitative estimate of drug-likeness (QED) is 0.623. The second-order valence-corrected chi connectivity index (χ2v) is 6.00. The molecule has 1 rings (SSSR count). The maximum Gasteiger partial charge on any atom is 0.326 e. The average Bonchev–Trinajstić information content (AvgIpc) is 2.51. The number of carboxylic acids is 1. The van der Waals surface area contributed by atoms with Gasteiger partial charge in [-0.25, -0.2) is 9.18 Å². The van der Waals surface area contributed by atoms with Crippen molar-refractivity contribution in [3.8, 4) is 0 Å². The zero-order chi connectivity index (χ0) is 19.0. The van der Waals surface area contributed by atoms with Crippen molar-refractivity contribution in [2.45, 2.75) is 45.7 Å². The monoisotopic (exact) mass is 350 g/mol. The molecule has 0 aliphatic carbocycles. The molecule has 7 heteroatoms. The summed E-state index contributed by atoms with van der Waals surface area (Å²) in [4.78, 5) is 35.1. The molecule has 0 radical (unpaired) electrons. The van der Waals surface area contributed by atoms with Crippen molar-refractivity contribution in [2.24, 2.45) is 0 Å². The lowest BCUT2D eigenvalue weighted by molar-refractivity contribution is -0.142. The molecule has 0 spiro atoms. The molecule has 0 fully saturated rings. The predicted molar refractivity (Wildman–Crippen MR) is 91.3 cm³/mol. The van der Waals surface area contributed by atoms with Gasteiger partial charge in [0.05, 0.1) is 0 Å². The minimum Gasteiger partial charge on any atom is -0.480 e. The molecule has 136 valence electrons. The summed E-state index contributed by atoms with van der Waals surface area (Å²) in [5.74, 6) is -2.58. The molecule has 0 aromatic heterocycles. The Hall–Kier alpha value is -2.70. The number of amides is 2. The summed E-state index contributed by atoms with van der Waals surface area (Å²) in [6.45, 7) is 4.92. The minimum atomic E-state index is -1.16. The number of nitrogens with one attached hydrogen (secondary N) is 2. The summed E-state index contributed by atoms with van der Waals surface area (Å²) in [6, 6.07) is 3.49. The third-order valence-corrected chi connectivity index (χ3v) is 3.42. The number of hydrogen-bond donors (Lipinski definition) is 3. The van der Waals surface area contributed by atoms with Crippen molar-refractivity contribution in [1.82, 2.24) is 10.6 Å². The molecule has 2 atom stereocenters. The van der Waals surface area contributed by atoms with Crippen LogP contribution in [-0.2, 0) is 20.8 Å². The topological polar surface area (TPSA) is 95.5 Å². The van der Waals surface area contributed by atoms with E-state index >= 15 is 0 Å². The van der Waals surface area contributed by atoms with Crippen molar-refractivity contribution in [1.29, 1.82) is 0 Å². The molecule has 0 bridgehead atoms. The first-order valence-corrected chi connectivity index (χ1v) is 7.87. The summed E-state index contributed by atoms with van der Waals surface area (Å²) in [5, 5.41) is 14.2. The van der Waals surface area contributed by atoms with Crippen molar-refractivity contribution < 1.29 is 23.9 Å². The Kier molecular flexibility index (Phi) is 7.78. The summed E-state index contributed by atoms with van der Waals surface area (Å²) >= 11 is 0. The molecule has 6 nitrogen and oxygen atoms in total. The maximum atomic E-state index is 13.0. The summed E-state index contributed by atoms with van der Waals surface area (Å²) in [7, 11) is 0. The molecule has 0 aliphatic heterocycles. The fraction of sp³-hybridized carbons (Fsp3) is 0.389. The van der Waals surface area contributed by atoms with Crippen LogP contribution >= 0.6 is 0 Å². The van der Waals surface area contributed by atoms with E-state index in [2.05, 4.69) is 10.6 Å². The molecular weight excluding hydrogens is 327 g/mol. The van der Waals surface area contributed by atoms with Crippen LogP contribution in [0.15, 0.2) is 35.9 Å². The van der Waals surface area contributed by atoms with Crippen LogP contribution in [0.3, 0.4) is 0 Å². The Balaban J connectivity index is 2.87. The molecule has 3 N–H and O–H groups in total. The highest BCUT2D eigenvalue weighted by Gasteiger charge is 2.25. The van der Waals surface area contributed by atoms with E-state index in [1.54, 1.807) is 6.08 Å². The minimum absolute atomic E-state index is 0.126. The van der Waals surface area contributed by atoms with Gasteiger partial charge in [0.1, 0.15) is 17.9 Å². The molecule has 0 saturated carbocycles. The van der Waals surface area contributed by atoms with E-state index in [0.717, 1.165) is 5.57 Å². The van der Waals surface area contributed by atoms with Gasteiger partial charge in [-0.1, -0.05) is 23.8 Å². The summed E-state index contributed by atoms with van der Waals surface area (Å²) < 4.78 is 13.0. The second-order valence-electron chi connectivity index (χ2n) is 6.00. The Morgan fingerprint density at radius 2 is 1.68 bits per heavy atom. The number of carboxylic acid groups (broad SMARTS) is 1. The maximum absolute atomic E-state index is 13.0. The van der Waals surface area contributed by atoms with Crippen molar-refractivity contribution in [3.05, 3.63) is 47.3 Å². The number of rotatable bonds is 8. The Morgan fingerprint density at radius 3 is 2.16 bits per heavy atom. The summed E-state index contributed by atoms with van der Waals surface area (Å²) in [6.07, 6.45) is 1.99. The molecular formula is C18H23FN2O4. The third kappa shape index (κ3) is 7.60. The second kappa shape index (κ2) is 9.56. The van der Waals surface area contributed by atoms with Gasteiger partial charge in [-0.05, 0) is 38.0 Å². The number of aliphatic carboxylic acids is 1. The molecule has 0 heterocycles. The first-order valence-electron chi connectivity index (χ1n) is 7.87. The highest BCUT2D eigenvalue weighted by molar-refractivity contribution is 5.90. The molecule has 1 aromatic rings. The van der Waals surface area contributed by atoms with Crippen LogP contribution in [0.25, 0.3) is 0 Å². The zero-order valence-electron chi connectivity index (χ0n) is 14.5. The molecule has 1 aromatic carbocycles. The van der Waals surface area contributed by atoms with E-state index in [4.69, 9.17) is 0 Å². The number of carbonyl (C=O) groups excluding carboxylic acids is 2. The van der Waals surface area contributed by atoms with Crippen molar-refractivity contribution >= 4 is 17.8 Å². The van der Waals surface area contributed by atoms with Crippen LogP contribution in [0.5, 0.6) is 0 Å². The molecule has 0 unspecified atom stereocenters. The fourth-order valence-corrected chi connectivity index (χ4v) is 2.16. The van der Waals surface area contributed by atoms with Gasteiger partial charge in [-0.2, -0.15) is 0 Å². The lowest BCUT2D eigenvalue weighted by Gasteiger charge is -2.20. The lowest BCUT2D eigenvalue weighted by atomic mass is 10.0. The van der Waals surface area contributed by atoms with Crippen molar-refractivity contribution in [2.75, 3.05) is 0 Å². The van der Waals surface area contributed by atoms with E-state index < -0.39 is 35.7 Å². The van der Waals surface area contributed by atoms with Gasteiger partial charge in [0.15, 0.2) is 0 Å². The van der Waals surface area contributed by atoms with E-state index in [1.807, 2.05) is 13.8 Å². The fourth-order valence-electron chi connectivity index (χ4n) is 2.16. The smallest absolute Gasteiger partial charge is 0.326 e. The van der Waals surface area contributed by atoms with Gasteiger partial charge in [0, 0.05) is 13.3 Å². The Bertz CT molecular complexity index is 652. The van der Waals surface area contributed by atoms with Crippen LogP contribution in [0.4, 0.5) is 4.39 Å². The van der Waals surface area contributed by atoms with Gasteiger partial charge >= 0.3 is 5.97 Å². The third-order valence-electron chi connectivity index (χ3n) is 3.42. The number of carbonyl (C=O) groups is 3. The van der Waals surface area contributed by atoms with Crippen LogP contribution in [0, 0.1) is 5.82 Å². The number of halogens is 1. The van der Waals surface area contributed by atoms with Gasteiger partial charge < -0.3 is 15.7 Å². The van der Waals surface area contributed by atoms with Gasteiger partial charge in [-0.15, -0.1) is 0 Å². The lowest BCUT2D eigenvalue weighted by Crippen LogP contribution is -2.52. The standard InChI is InChI=1S/C18H23FN2O4/c1-11(2)4-9-15(18(24)25)21-17(23)16(20-12(3)22)10-13-5-7-14(19)8-6-13/h4-8,15-16H,9-10H2,1-3H3,(H,20,22)(H,21,23)(H,24,25)/t15-,16+/m0/s1. The summed E-state index contributed by atoms with van der Waals surface area (Å²) in [5.41, 5.74) is 1.58. The molecule has 0 aliphatic rings. The van der Waals surface area contributed by atoms with E-state index in [-0.39, 0.29) is 12.8 Å². The number of hydrogen-bond acceptors (Lipinski definition) is 3. The van der Waals surface area contributed by atoms with Crippen LogP contribution in [0.1, 0.15) is 32.8 Å². The number of benzene rings is 1. The number of allylic oxidation sites excluding steroid dienone is 1. The van der Waals surface area contributed by atoms with Crippen LogP contribution in [-0.4, -0.2) is 35.0 Å². The van der Waals surface area contributed by atoms with Gasteiger partial charge in [-0.3, -0.25) is 9.59 Å². The zero-order valence-corrected chi connectivity index (χ0v) is 14.5. The Labute approximate surface area is 146 Å². The molecule has 0 saturated heterocycles. The normalized spacial score (nSPS) is 12.6. The van der Waals surface area contributed by atoms with Gasteiger partial charge in [0.2, 0.25) is 11.8 Å². The van der Waals surface area contributed by atoms with E-state index in [9.17, 15) is 23.9 Å². The predicted octanol–water partition coefficient (Wildman–Crippen LogP) is 1.80. The first kappa shape index (κ1) is 20.3. The average molecular weight is 350 g/mol. The molecule has 25 heavy (non-hydrogen) atoms. The Morgan fingerprint density at radius 1 is 1.08 bits per heavy atom. The highest BCUT2D eigenvalue weighted by Crippen LogP contribution is 2.07. The highest BCUT2D eigenvalue weighted by atomic mass is 19.1. The van der Waals surface area contributed by atoms with Gasteiger partial charge in [0.25, 0.3) is 0 Å². The van der Waals surface area contributed by atoms with E-state index in [0.29, 0.717) is 5.56 Å². The van der Waals surface area contributed by atoms with E-state index in [1.165, 1.54) is 31.2 Å². The molecule has 2 amide bonds. The van der Waals surface area contributed by atoms with Crippen molar-refractivity contribution in [3.63, 3.8) is 0 Å². The van der Waals surface area contributed by atoms with Crippen LogP contribution in [0.2, 0.25) is 0 Å². The largest absolute Gasteiger partial charge is 0.480 e. The SMILES string of the molecule is CC(=O)N[C@H](Cc1ccc(F)cc1)C(=O)N[C@@H](CC=C(C)C)C(=O)O.